The van der Waals surface area contributed by atoms with E-state index in [1.165, 1.54) is 12.1 Å². The van der Waals surface area contributed by atoms with Crippen molar-refractivity contribution in [3.63, 3.8) is 0 Å². The largest absolute Gasteiger partial charge is 0.392 e. The predicted octanol–water partition coefficient (Wildman–Crippen LogP) is 2.44. The smallest absolute Gasteiger partial charge is 0.233 e. The summed E-state index contributed by atoms with van der Waals surface area (Å²) in [5, 5.41) is 11.8. The van der Waals surface area contributed by atoms with Crippen LogP contribution in [-0.2, 0) is 28.0 Å². The van der Waals surface area contributed by atoms with Crippen LogP contribution in [0.5, 0.6) is 0 Å². The van der Waals surface area contributed by atoms with Gasteiger partial charge < -0.3 is 10.4 Å². The fraction of sp³-hybridized carbons (Fsp3) is 0.278. The highest BCUT2D eigenvalue weighted by atomic mass is 32.2. The van der Waals surface area contributed by atoms with Gasteiger partial charge in [-0.15, -0.1) is 0 Å². The van der Waals surface area contributed by atoms with Gasteiger partial charge in [-0.25, -0.2) is 4.39 Å². The molecule has 24 heavy (non-hydrogen) atoms. The highest BCUT2D eigenvalue weighted by Crippen LogP contribution is 2.13. The average Bonchev–Trinajstić information content (AvgIpc) is 2.55. The van der Waals surface area contributed by atoms with Gasteiger partial charge in [0.05, 0.1) is 12.6 Å². The van der Waals surface area contributed by atoms with Gasteiger partial charge >= 0.3 is 0 Å². The normalized spacial score (nSPS) is 13.3. The highest BCUT2D eigenvalue weighted by Gasteiger charge is 2.13. The zero-order chi connectivity index (χ0) is 17.5. The number of amides is 1. The Morgan fingerprint density at radius 1 is 1.12 bits per heavy atom. The van der Waals surface area contributed by atoms with Crippen molar-refractivity contribution < 1.29 is 18.5 Å². The molecule has 0 aromatic heterocycles. The molecule has 128 valence electrons. The number of hydrogen-bond acceptors (Lipinski definition) is 3. The van der Waals surface area contributed by atoms with Crippen molar-refractivity contribution in [2.24, 2.45) is 0 Å². The first-order valence-electron chi connectivity index (χ1n) is 7.56. The number of aliphatic hydroxyl groups excluding tert-OH is 1. The fourth-order valence-electron chi connectivity index (χ4n) is 2.24. The number of rotatable bonds is 7. The molecule has 2 aromatic carbocycles. The van der Waals surface area contributed by atoms with Gasteiger partial charge in [0.25, 0.3) is 0 Å². The lowest BCUT2D eigenvalue weighted by Crippen LogP contribution is -2.31. The molecule has 0 aliphatic rings. The maximum Gasteiger partial charge on any atom is 0.233 e. The van der Waals surface area contributed by atoms with Gasteiger partial charge in [-0.3, -0.25) is 9.00 Å². The van der Waals surface area contributed by atoms with Crippen molar-refractivity contribution in [3.8, 4) is 0 Å². The minimum Gasteiger partial charge on any atom is -0.392 e. The van der Waals surface area contributed by atoms with E-state index in [1.54, 1.807) is 43.3 Å². The van der Waals surface area contributed by atoms with Crippen LogP contribution in [0.1, 0.15) is 29.7 Å². The zero-order valence-corrected chi connectivity index (χ0v) is 14.2. The molecule has 2 N–H and O–H groups in total. The first-order chi connectivity index (χ1) is 11.5. The number of carbonyl (C=O) groups excluding carboxylic acids is 1. The van der Waals surface area contributed by atoms with Crippen molar-refractivity contribution in [2.75, 3.05) is 5.75 Å². The molecule has 0 aliphatic heterocycles. The summed E-state index contributed by atoms with van der Waals surface area (Å²) < 4.78 is 25.0. The first kappa shape index (κ1) is 18.3. The summed E-state index contributed by atoms with van der Waals surface area (Å²) in [6, 6.07) is 12.7. The van der Waals surface area contributed by atoms with E-state index in [0.29, 0.717) is 0 Å². The molecule has 2 atom stereocenters. The van der Waals surface area contributed by atoms with Gasteiger partial charge in [-0.1, -0.05) is 36.4 Å². The Hall–Kier alpha value is -2.05. The standard InChI is InChI=1S/C18H20FNO3S/c1-13(16-6-8-17(19)9-7-16)20-18(22)12-24(23)11-15-4-2-14(10-21)3-5-15/h2-9,13,21H,10-12H2,1H3,(H,20,22). The lowest BCUT2D eigenvalue weighted by atomic mass is 10.1. The Balaban J connectivity index is 1.84. The number of hydrogen-bond donors (Lipinski definition) is 2. The summed E-state index contributed by atoms with van der Waals surface area (Å²) in [6.07, 6.45) is 0. The van der Waals surface area contributed by atoms with Crippen molar-refractivity contribution in [2.45, 2.75) is 25.3 Å². The van der Waals surface area contributed by atoms with Crippen molar-refractivity contribution >= 4 is 16.7 Å². The molecule has 2 unspecified atom stereocenters. The minimum atomic E-state index is -1.32. The van der Waals surface area contributed by atoms with Crippen LogP contribution in [0.15, 0.2) is 48.5 Å². The number of benzene rings is 2. The molecule has 0 saturated heterocycles. The van der Waals surface area contributed by atoms with Crippen LogP contribution >= 0.6 is 0 Å². The lowest BCUT2D eigenvalue weighted by molar-refractivity contribution is -0.119. The molecule has 2 aromatic rings. The topological polar surface area (TPSA) is 66.4 Å². The third-order valence-corrected chi connectivity index (χ3v) is 4.81. The Bertz CT molecular complexity index is 701. The van der Waals surface area contributed by atoms with Crippen LogP contribution in [0.2, 0.25) is 0 Å². The van der Waals surface area contributed by atoms with E-state index in [0.717, 1.165) is 16.7 Å². The molecule has 0 fully saturated rings. The third-order valence-electron chi connectivity index (χ3n) is 3.57. The summed E-state index contributed by atoms with van der Waals surface area (Å²) in [5.74, 6) is -0.445. The monoisotopic (exact) mass is 349 g/mol. The number of carbonyl (C=O) groups is 1. The second kappa shape index (κ2) is 8.70. The van der Waals surface area contributed by atoms with E-state index in [-0.39, 0.29) is 35.9 Å². The summed E-state index contributed by atoms with van der Waals surface area (Å²) in [4.78, 5) is 12.0. The molecular weight excluding hydrogens is 329 g/mol. The maximum absolute atomic E-state index is 12.9. The Morgan fingerprint density at radius 3 is 2.29 bits per heavy atom. The maximum atomic E-state index is 12.9. The summed E-state index contributed by atoms with van der Waals surface area (Å²) in [7, 11) is -1.32. The second-order valence-electron chi connectivity index (χ2n) is 5.54. The zero-order valence-electron chi connectivity index (χ0n) is 13.4. The number of nitrogens with one attached hydrogen (secondary N) is 1. The van der Waals surface area contributed by atoms with Crippen molar-refractivity contribution in [1.82, 2.24) is 5.32 Å². The predicted molar refractivity (Wildman–Crippen MR) is 92.0 cm³/mol. The molecular formula is C18H20FNO3S. The van der Waals surface area contributed by atoms with Gasteiger partial charge in [0.15, 0.2) is 0 Å². The Kier molecular flexibility index (Phi) is 6.63. The van der Waals surface area contributed by atoms with Crippen molar-refractivity contribution in [3.05, 3.63) is 71.0 Å². The van der Waals surface area contributed by atoms with Crippen LogP contribution in [0.25, 0.3) is 0 Å². The molecule has 0 spiro atoms. The van der Waals surface area contributed by atoms with Crippen LogP contribution in [0.4, 0.5) is 4.39 Å². The molecule has 4 nitrogen and oxygen atoms in total. The van der Waals surface area contributed by atoms with E-state index in [1.807, 2.05) is 0 Å². The first-order valence-corrected chi connectivity index (χ1v) is 9.05. The molecule has 2 rings (SSSR count). The third kappa shape index (κ3) is 5.54. The molecule has 0 aliphatic carbocycles. The van der Waals surface area contributed by atoms with Crippen LogP contribution < -0.4 is 5.32 Å². The Labute approximate surface area is 143 Å². The lowest BCUT2D eigenvalue weighted by Gasteiger charge is -2.14. The molecule has 0 heterocycles. The summed E-state index contributed by atoms with van der Waals surface area (Å²) >= 11 is 0. The summed E-state index contributed by atoms with van der Waals surface area (Å²) in [6.45, 7) is 1.76. The van der Waals surface area contributed by atoms with E-state index in [2.05, 4.69) is 5.32 Å². The van der Waals surface area contributed by atoms with Crippen LogP contribution in [0, 0.1) is 5.82 Å². The molecule has 0 saturated carbocycles. The van der Waals surface area contributed by atoms with E-state index < -0.39 is 10.8 Å². The van der Waals surface area contributed by atoms with Gasteiger partial charge in [0, 0.05) is 16.6 Å². The van der Waals surface area contributed by atoms with Gasteiger partial charge in [-0.2, -0.15) is 0 Å². The SMILES string of the molecule is CC(NC(=O)CS(=O)Cc1ccc(CO)cc1)c1ccc(F)cc1. The van der Waals surface area contributed by atoms with Crippen LogP contribution in [-0.4, -0.2) is 21.0 Å². The van der Waals surface area contributed by atoms with Gasteiger partial charge in [0.1, 0.15) is 11.6 Å². The van der Waals surface area contributed by atoms with Gasteiger partial charge in [-0.05, 0) is 35.7 Å². The Morgan fingerprint density at radius 2 is 1.71 bits per heavy atom. The number of aliphatic hydroxyl groups is 1. The van der Waals surface area contributed by atoms with Crippen molar-refractivity contribution in [1.29, 1.82) is 0 Å². The van der Waals surface area contributed by atoms with E-state index in [4.69, 9.17) is 5.11 Å². The average molecular weight is 349 g/mol. The van der Waals surface area contributed by atoms with Gasteiger partial charge in [0.2, 0.25) is 5.91 Å². The summed E-state index contributed by atoms with van der Waals surface area (Å²) in [5.41, 5.74) is 2.43. The fourth-order valence-corrected chi connectivity index (χ4v) is 3.28. The minimum absolute atomic E-state index is 0.0347. The highest BCUT2D eigenvalue weighted by molar-refractivity contribution is 7.84. The molecule has 6 heteroatoms. The van der Waals surface area contributed by atoms with Crippen LogP contribution in [0.3, 0.4) is 0 Å². The molecule has 0 radical (unpaired) electrons. The molecule has 0 bridgehead atoms. The van der Waals surface area contributed by atoms with E-state index >= 15 is 0 Å². The number of halogens is 1. The van der Waals surface area contributed by atoms with E-state index in [9.17, 15) is 13.4 Å². The second-order valence-corrected chi connectivity index (χ2v) is 7.00. The quantitative estimate of drug-likeness (QED) is 0.807. The molecule has 1 amide bonds.